The fraction of sp³-hybridized carbons (Fsp3) is 0.340. The molecule has 0 spiro atoms. The first-order valence-corrected chi connectivity index (χ1v) is 23.6. The number of aryl methyl sites for hydroxylation is 3. The van der Waals surface area contributed by atoms with Crippen molar-refractivity contribution in [2.45, 2.75) is 99.7 Å². The van der Waals surface area contributed by atoms with Gasteiger partial charge in [-0.3, -0.25) is 0 Å². The van der Waals surface area contributed by atoms with Gasteiger partial charge < -0.3 is 14.4 Å². The molecule has 1 aliphatic rings. The minimum Gasteiger partial charge on any atom is -0.486 e. The van der Waals surface area contributed by atoms with Crippen LogP contribution >= 0.6 is 0 Å². The maximum absolute atomic E-state index is 13.8. The van der Waals surface area contributed by atoms with Gasteiger partial charge in [0.25, 0.3) is 0 Å². The third kappa shape index (κ3) is 9.88. The molecule has 3 aromatic carbocycles. The molecule has 4 heterocycles. The van der Waals surface area contributed by atoms with Gasteiger partial charge in [-0.05, 0) is 102 Å². The Bertz CT molecular complexity index is 2490. The zero-order valence-corrected chi connectivity index (χ0v) is 38.3. The summed E-state index contributed by atoms with van der Waals surface area (Å²) in [5, 5.41) is 3.43. The molecular formula is C50H54FIrN3OSi-2. The van der Waals surface area contributed by atoms with Gasteiger partial charge in [-0.2, -0.15) is 0 Å². The Morgan fingerprint density at radius 3 is 2.12 bits per heavy atom. The zero-order valence-electron chi connectivity index (χ0n) is 34.9. The van der Waals surface area contributed by atoms with Crippen LogP contribution in [0.1, 0.15) is 74.3 Å². The summed E-state index contributed by atoms with van der Waals surface area (Å²) >= 11 is 0. The molecule has 0 N–H and O–H groups in total. The summed E-state index contributed by atoms with van der Waals surface area (Å²) in [5.74, 6) is 0.577. The number of benzene rings is 3. The van der Waals surface area contributed by atoms with Crippen LogP contribution in [0.25, 0.3) is 55.8 Å². The van der Waals surface area contributed by atoms with E-state index in [1.54, 1.807) is 12.1 Å². The zero-order chi connectivity index (χ0) is 39.8. The molecule has 4 nitrogen and oxygen atoms in total. The number of pyridine rings is 3. The Morgan fingerprint density at radius 1 is 0.772 bits per heavy atom. The quantitative estimate of drug-likeness (QED) is 0.118. The second-order valence-electron chi connectivity index (χ2n) is 18.0. The van der Waals surface area contributed by atoms with Crippen molar-refractivity contribution in [3.63, 3.8) is 0 Å². The summed E-state index contributed by atoms with van der Waals surface area (Å²) in [5.41, 5.74) is 13.2. The van der Waals surface area contributed by atoms with Crippen molar-refractivity contribution in [2.24, 2.45) is 11.3 Å². The van der Waals surface area contributed by atoms with Crippen molar-refractivity contribution < 1.29 is 28.9 Å². The van der Waals surface area contributed by atoms with Crippen LogP contribution in [-0.4, -0.2) is 23.0 Å². The predicted octanol–water partition coefficient (Wildman–Crippen LogP) is 13.0. The van der Waals surface area contributed by atoms with E-state index in [9.17, 15) is 4.39 Å². The van der Waals surface area contributed by atoms with Crippen LogP contribution in [0.3, 0.4) is 0 Å². The number of fused-ring (bicyclic) bond motifs is 3. The second kappa shape index (κ2) is 17.3. The van der Waals surface area contributed by atoms with Crippen LogP contribution in [0.15, 0.2) is 89.6 Å². The first-order chi connectivity index (χ1) is 26.6. The van der Waals surface area contributed by atoms with Crippen LogP contribution in [0.4, 0.5) is 4.39 Å². The van der Waals surface area contributed by atoms with Crippen molar-refractivity contribution in [2.75, 3.05) is 0 Å². The maximum Gasteiger partial charge on any atom is 0.216 e. The molecule has 0 bridgehead atoms. The van der Waals surface area contributed by atoms with Gasteiger partial charge in [0.2, 0.25) is 5.71 Å². The average molecular weight is 952 g/mol. The van der Waals surface area contributed by atoms with Crippen molar-refractivity contribution in [1.82, 2.24) is 15.0 Å². The molecule has 1 radical (unpaired) electrons. The van der Waals surface area contributed by atoms with E-state index in [1.165, 1.54) is 47.6 Å². The Kier molecular flexibility index (Phi) is 12.8. The fourth-order valence-corrected chi connectivity index (χ4v) is 9.84. The molecule has 8 rings (SSSR count). The molecule has 0 saturated heterocycles. The van der Waals surface area contributed by atoms with E-state index in [1.807, 2.05) is 50.2 Å². The molecule has 0 amide bonds. The number of nitrogens with zero attached hydrogens (tertiary/aromatic N) is 3. The molecule has 57 heavy (non-hydrogen) atoms. The van der Waals surface area contributed by atoms with Gasteiger partial charge in [-0.1, -0.05) is 94.7 Å². The average Bonchev–Trinajstić information content (AvgIpc) is 3.79. The molecule has 0 atom stereocenters. The van der Waals surface area contributed by atoms with Gasteiger partial charge >= 0.3 is 0 Å². The number of aromatic nitrogens is 3. The standard InChI is InChI=1S/C31H28FN2O.C19H26NSi.Ir/c1-18-14-28(33-17-23(18)15-21-6-4-5-7-21)22-8-11-29-26(16-22)25-9-10-27(34-31(25)35-29)30-19(2)12-24(32)13-20(30)3;1-19(2,3)13-16-12-17(15-10-8-7-9-11-15)20-14-18(16)21(4,5)6;/h9-14,16-17,21H,4-7,15H2,1-3H3;7-10,12,14H,13H2,1-6H3;/q2*-1;. The van der Waals surface area contributed by atoms with Crippen molar-refractivity contribution in [1.29, 1.82) is 0 Å². The fourth-order valence-electron chi connectivity index (χ4n) is 8.26. The minimum absolute atomic E-state index is 0. The molecule has 7 heteroatoms. The van der Waals surface area contributed by atoms with E-state index >= 15 is 0 Å². The molecule has 297 valence electrons. The number of hydrogen-bond acceptors (Lipinski definition) is 4. The molecule has 0 aliphatic heterocycles. The summed E-state index contributed by atoms with van der Waals surface area (Å²) in [7, 11) is -1.37. The largest absolute Gasteiger partial charge is 0.486 e. The van der Waals surface area contributed by atoms with Crippen LogP contribution in [0.5, 0.6) is 0 Å². The second-order valence-corrected chi connectivity index (χ2v) is 23.1. The van der Waals surface area contributed by atoms with E-state index in [-0.39, 0.29) is 31.3 Å². The Balaban J connectivity index is 0.000000215. The Labute approximate surface area is 353 Å². The van der Waals surface area contributed by atoms with Gasteiger partial charge in [0.05, 0.1) is 19.4 Å². The molecule has 0 unspecified atom stereocenters. The van der Waals surface area contributed by atoms with Gasteiger partial charge in [-0.25, -0.2) is 9.37 Å². The summed E-state index contributed by atoms with van der Waals surface area (Å²) in [6.07, 6.45) is 11.8. The smallest absolute Gasteiger partial charge is 0.216 e. The monoisotopic (exact) mass is 952 g/mol. The SMILES string of the molecule is CC(C)(C)Cc1cc(-c2[c-]cccc2)ncc1[Si](C)(C)C.Cc1cc(-c2[c-]cc3oc4nc(-c5c(C)cc(F)cc5C)ccc4c3c2)ncc1CC1CCCC1.[Ir]. The molecule has 1 fully saturated rings. The van der Waals surface area contributed by atoms with Crippen molar-refractivity contribution in [3.8, 4) is 33.8 Å². The summed E-state index contributed by atoms with van der Waals surface area (Å²) in [6, 6.07) is 30.3. The normalized spacial score (nSPS) is 13.4. The summed E-state index contributed by atoms with van der Waals surface area (Å²) in [6.45, 7) is 20.1. The van der Waals surface area contributed by atoms with Crippen LogP contribution < -0.4 is 5.19 Å². The Morgan fingerprint density at radius 2 is 1.47 bits per heavy atom. The number of halogens is 1. The van der Waals surface area contributed by atoms with Gasteiger partial charge in [0.15, 0.2) is 0 Å². The van der Waals surface area contributed by atoms with E-state index in [0.29, 0.717) is 5.71 Å². The van der Waals surface area contributed by atoms with E-state index in [2.05, 4.69) is 96.1 Å². The number of rotatable bonds is 7. The van der Waals surface area contributed by atoms with E-state index in [0.717, 1.165) is 80.0 Å². The first kappa shape index (κ1) is 42.3. The molecule has 1 aliphatic carbocycles. The molecule has 4 aromatic heterocycles. The van der Waals surface area contributed by atoms with Gasteiger partial charge in [-0.15, -0.1) is 59.7 Å². The minimum atomic E-state index is -1.37. The van der Waals surface area contributed by atoms with Crippen LogP contribution in [0.2, 0.25) is 19.6 Å². The van der Waals surface area contributed by atoms with Crippen molar-refractivity contribution >= 4 is 35.3 Å². The first-order valence-electron chi connectivity index (χ1n) is 20.1. The summed E-state index contributed by atoms with van der Waals surface area (Å²) in [4.78, 5) is 14.3. The number of furan rings is 1. The predicted molar refractivity (Wildman–Crippen MR) is 233 cm³/mol. The van der Waals surface area contributed by atoms with Gasteiger partial charge in [0.1, 0.15) is 5.82 Å². The Hall–Kier alpha value is -4.29. The third-order valence-electron chi connectivity index (χ3n) is 11.0. The number of hydrogen-bond donors (Lipinski definition) is 0. The maximum atomic E-state index is 13.8. The van der Waals surface area contributed by atoms with Crippen LogP contribution in [0, 0.1) is 50.1 Å². The molecule has 7 aromatic rings. The van der Waals surface area contributed by atoms with Gasteiger partial charge in [0, 0.05) is 43.4 Å². The molecular weight excluding hydrogens is 898 g/mol. The summed E-state index contributed by atoms with van der Waals surface area (Å²) < 4.78 is 19.9. The van der Waals surface area contributed by atoms with Crippen molar-refractivity contribution in [3.05, 3.63) is 131 Å². The van der Waals surface area contributed by atoms with Crippen LogP contribution in [-0.2, 0) is 32.9 Å². The van der Waals surface area contributed by atoms with E-state index < -0.39 is 8.07 Å². The topological polar surface area (TPSA) is 51.8 Å². The third-order valence-corrected chi connectivity index (χ3v) is 13.1. The van der Waals surface area contributed by atoms with E-state index in [4.69, 9.17) is 19.4 Å². The molecule has 1 saturated carbocycles.